The van der Waals surface area contributed by atoms with E-state index in [9.17, 15) is 4.79 Å². The second-order valence-electron chi connectivity index (χ2n) is 3.03. The van der Waals surface area contributed by atoms with E-state index in [1.807, 2.05) is 0 Å². The molecule has 0 fully saturated rings. The fourth-order valence-electron chi connectivity index (χ4n) is 1.11. The van der Waals surface area contributed by atoms with Crippen molar-refractivity contribution in [2.75, 3.05) is 26.1 Å². The number of carbonyl (C=O) groups is 1. The van der Waals surface area contributed by atoms with E-state index in [1.165, 1.54) is 14.2 Å². The predicted molar refractivity (Wildman–Crippen MR) is 57.7 cm³/mol. The summed E-state index contributed by atoms with van der Waals surface area (Å²) in [7, 11) is 2.87. The molecule has 0 spiro atoms. The van der Waals surface area contributed by atoms with Gasteiger partial charge in [0, 0.05) is 25.1 Å². The minimum Gasteiger partial charge on any atom is -0.481 e. The van der Waals surface area contributed by atoms with Crippen LogP contribution in [-0.2, 0) is 9.53 Å². The molecule has 0 aliphatic heterocycles. The van der Waals surface area contributed by atoms with Crippen molar-refractivity contribution in [2.45, 2.75) is 6.10 Å². The number of hydrogen-bond acceptors (Lipinski definition) is 5. The SMILES string of the molecule is COc1cc(NCC(OC)C(=O)O)ccn1. The second kappa shape index (κ2) is 5.92. The molecule has 0 saturated heterocycles. The summed E-state index contributed by atoms with van der Waals surface area (Å²) < 4.78 is 9.72. The Hall–Kier alpha value is -1.82. The van der Waals surface area contributed by atoms with Gasteiger partial charge in [-0.05, 0) is 6.07 Å². The Morgan fingerprint density at radius 1 is 1.62 bits per heavy atom. The van der Waals surface area contributed by atoms with Crippen LogP contribution in [0.5, 0.6) is 5.88 Å². The zero-order valence-electron chi connectivity index (χ0n) is 9.14. The fourth-order valence-corrected chi connectivity index (χ4v) is 1.11. The number of aliphatic carboxylic acids is 1. The number of carboxylic acids is 1. The van der Waals surface area contributed by atoms with E-state index in [0.29, 0.717) is 5.88 Å². The highest BCUT2D eigenvalue weighted by molar-refractivity contribution is 5.73. The molecule has 1 unspecified atom stereocenters. The van der Waals surface area contributed by atoms with Crippen LogP contribution in [0, 0.1) is 0 Å². The van der Waals surface area contributed by atoms with E-state index in [-0.39, 0.29) is 6.54 Å². The molecular weight excluding hydrogens is 212 g/mol. The minimum absolute atomic E-state index is 0.180. The molecule has 0 aromatic carbocycles. The lowest BCUT2D eigenvalue weighted by atomic mass is 10.3. The lowest BCUT2D eigenvalue weighted by Crippen LogP contribution is -2.30. The molecule has 0 radical (unpaired) electrons. The van der Waals surface area contributed by atoms with Crippen molar-refractivity contribution >= 4 is 11.7 Å². The smallest absolute Gasteiger partial charge is 0.334 e. The average molecular weight is 226 g/mol. The fraction of sp³-hybridized carbons (Fsp3) is 0.400. The summed E-state index contributed by atoms with van der Waals surface area (Å²) in [6.07, 6.45) is 0.697. The molecule has 0 aliphatic rings. The number of aromatic nitrogens is 1. The van der Waals surface area contributed by atoms with Crippen molar-refractivity contribution in [3.8, 4) is 5.88 Å². The van der Waals surface area contributed by atoms with E-state index in [2.05, 4.69) is 10.3 Å². The Morgan fingerprint density at radius 2 is 2.38 bits per heavy atom. The summed E-state index contributed by atoms with van der Waals surface area (Å²) in [5, 5.41) is 11.7. The number of nitrogens with zero attached hydrogens (tertiary/aromatic N) is 1. The molecule has 1 heterocycles. The molecule has 1 aromatic rings. The molecule has 88 valence electrons. The minimum atomic E-state index is -1.00. The standard InChI is InChI=1S/C10H14N2O4/c1-15-8(10(13)14)6-12-7-3-4-11-9(5-7)16-2/h3-5,8H,6H2,1-2H3,(H,11,12)(H,13,14). The number of anilines is 1. The van der Waals surface area contributed by atoms with Gasteiger partial charge in [-0.1, -0.05) is 0 Å². The first-order valence-electron chi connectivity index (χ1n) is 4.67. The Balaban J connectivity index is 2.56. The van der Waals surface area contributed by atoms with Gasteiger partial charge in [-0.25, -0.2) is 9.78 Å². The Morgan fingerprint density at radius 3 is 2.94 bits per heavy atom. The number of methoxy groups -OCH3 is 2. The molecule has 0 bridgehead atoms. The predicted octanol–water partition coefficient (Wildman–Crippen LogP) is 0.602. The Bertz CT molecular complexity index is 356. The average Bonchev–Trinajstić information content (AvgIpc) is 2.29. The number of hydrogen-bond donors (Lipinski definition) is 2. The van der Waals surface area contributed by atoms with Gasteiger partial charge in [0.2, 0.25) is 5.88 Å². The van der Waals surface area contributed by atoms with Gasteiger partial charge in [-0.2, -0.15) is 0 Å². The summed E-state index contributed by atoms with van der Waals surface area (Å²) in [6, 6.07) is 3.39. The van der Waals surface area contributed by atoms with Crippen molar-refractivity contribution in [3.63, 3.8) is 0 Å². The highest BCUT2D eigenvalue weighted by Crippen LogP contribution is 2.13. The van der Waals surface area contributed by atoms with Crippen LogP contribution in [-0.4, -0.2) is 42.9 Å². The topological polar surface area (TPSA) is 80.7 Å². The molecule has 6 heteroatoms. The molecule has 6 nitrogen and oxygen atoms in total. The molecule has 1 aromatic heterocycles. The van der Waals surface area contributed by atoms with Gasteiger partial charge in [0.05, 0.1) is 13.7 Å². The van der Waals surface area contributed by atoms with Crippen molar-refractivity contribution in [1.29, 1.82) is 0 Å². The Kier molecular flexibility index (Phi) is 4.53. The number of nitrogens with one attached hydrogen (secondary N) is 1. The van der Waals surface area contributed by atoms with E-state index in [0.717, 1.165) is 5.69 Å². The first-order chi connectivity index (χ1) is 7.67. The zero-order valence-corrected chi connectivity index (χ0v) is 9.14. The van der Waals surface area contributed by atoms with Crippen molar-refractivity contribution in [3.05, 3.63) is 18.3 Å². The Labute approximate surface area is 93.2 Å². The molecule has 2 N–H and O–H groups in total. The van der Waals surface area contributed by atoms with Crippen LogP contribution in [0.15, 0.2) is 18.3 Å². The summed E-state index contributed by atoms with van der Waals surface area (Å²) in [5.74, 6) is -0.537. The van der Waals surface area contributed by atoms with Crippen LogP contribution in [0.2, 0.25) is 0 Å². The number of ether oxygens (including phenoxy) is 2. The second-order valence-corrected chi connectivity index (χ2v) is 3.03. The number of rotatable bonds is 6. The van der Waals surface area contributed by atoms with Crippen LogP contribution in [0.1, 0.15) is 0 Å². The van der Waals surface area contributed by atoms with Crippen LogP contribution in [0.25, 0.3) is 0 Å². The van der Waals surface area contributed by atoms with Crippen LogP contribution < -0.4 is 10.1 Å². The highest BCUT2D eigenvalue weighted by Gasteiger charge is 2.15. The molecule has 1 rings (SSSR count). The normalized spacial score (nSPS) is 11.9. The third-order valence-corrected chi connectivity index (χ3v) is 2.00. The van der Waals surface area contributed by atoms with Crippen LogP contribution >= 0.6 is 0 Å². The molecule has 16 heavy (non-hydrogen) atoms. The van der Waals surface area contributed by atoms with Gasteiger partial charge in [-0.3, -0.25) is 0 Å². The molecular formula is C10H14N2O4. The van der Waals surface area contributed by atoms with Crippen LogP contribution in [0.3, 0.4) is 0 Å². The van der Waals surface area contributed by atoms with E-state index in [1.54, 1.807) is 18.3 Å². The van der Waals surface area contributed by atoms with E-state index >= 15 is 0 Å². The van der Waals surface area contributed by atoms with E-state index in [4.69, 9.17) is 14.6 Å². The monoisotopic (exact) mass is 226 g/mol. The molecule has 0 saturated carbocycles. The van der Waals surface area contributed by atoms with Crippen LogP contribution in [0.4, 0.5) is 5.69 Å². The largest absolute Gasteiger partial charge is 0.481 e. The van der Waals surface area contributed by atoms with Crippen molar-refractivity contribution in [1.82, 2.24) is 4.98 Å². The third-order valence-electron chi connectivity index (χ3n) is 2.00. The van der Waals surface area contributed by atoms with E-state index < -0.39 is 12.1 Å². The lowest BCUT2D eigenvalue weighted by Gasteiger charge is -2.12. The summed E-state index contributed by atoms with van der Waals surface area (Å²) in [5.41, 5.74) is 0.732. The van der Waals surface area contributed by atoms with Gasteiger partial charge in [-0.15, -0.1) is 0 Å². The van der Waals surface area contributed by atoms with Crippen molar-refractivity contribution < 1.29 is 19.4 Å². The van der Waals surface area contributed by atoms with Gasteiger partial charge in [0.15, 0.2) is 6.10 Å². The third kappa shape index (κ3) is 3.39. The summed E-state index contributed by atoms with van der Waals surface area (Å²) in [4.78, 5) is 14.6. The maximum absolute atomic E-state index is 10.7. The van der Waals surface area contributed by atoms with Gasteiger partial charge in [0.25, 0.3) is 0 Å². The van der Waals surface area contributed by atoms with Gasteiger partial charge >= 0.3 is 5.97 Å². The van der Waals surface area contributed by atoms with Gasteiger partial charge in [0.1, 0.15) is 0 Å². The van der Waals surface area contributed by atoms with Gasteiger partial charge < -0.3 is 19.9 Å². The first kappa shape index (κ1) is 12.3. The maximum Gasteiger partial charge on any atom is 0.334 e. The van der Waals surface area contributed by atoms with Crippen molar-refractivity contribution in [2.24, 2.45) is 0 Å². The quantitative estimate of drug-likeness (QED) is 0.739. The molecule has 0 amide bonds. The molecule has 1 atom stereocenters. The lowest BCUT2D eigenvalue weighted by molar-refractivity contribution is -0.147. The first-order valence-corrected chi connectivity index (χ1v) is 4.67. The highest BCUT2D eigenvalue weighted by atomic mass is 16.5. The summed E-state index contributed by atoms with van der Waals surface area (Å²) in [6.45, 7) is 0.180. The number of carboxylic acid groups (broad SMARTS) is 1. The number of pyridine rings is 1. The maximum atomic E-state index is 10.7. The summed E-state index contributed by atoms with van der Waals surface area (Å²) >= 11 is 0. The molecule has 0 aliphatic carbocycles. The zero-order chi connectivity index (χ0) is 12.0.